The van der Waals surface area contributed by atoms with E-state index in [1.54, 1.807) is 17.0 Å². The minimum Gasteiger partial charge on any atom is -0.469 e. The Morgan fingerprint density at radius 3 is 2.67 bits per heavy atom. The molecule has 2 fully saturated rings. The Kier molecular flexibility index (Phi) is 5.90. The molecule has 146 valence electrons. The number of piperidine rings is 1. The van der Waals surface area contributed by atoms with Gasteiger partial charge in [-0.2, -0.15) is 0 Å². The molecular formula is C18H23N3O6. The van der Waals surface area contributed by atoms with Crippen LogP contribution in [0.25, 0.3) is 0 Å². The van der Waals surface area contributed by atoms with Gasteiger partial charge in [-0.1, -0.05) is 0 Å². The number of morpholine rings is 1. The molecule has 3 rings (SSSR count). The van der Waals surface area contributed by atoms with Crippen molar-refractivity contribution in [1.29, 1.82) is 0 Å². The Balaban J connectivity index is 1.81. The molecule has 0 N–H and O–H groups in total. The third-order valence-corrected chi connectivity index (χ3v) is 5.01. The van der Waals surface area contributed by atoms with Gasteiger partial charge in [0.1, 0.15) is 5.69 Å². The summed E-state index contributed by atoms with van der Waals surface area (Å²) in [5, 5.41) is 11.6. The summed E-state index contributed by atoms with van der Waals surface area (Å²) in [5.74, 6) is -0.989. The molecule has 27 heavy (non-hydrogen) atoms. The van der Waals surface area contributed by atoms with Gasteiger partial charge in [-0.15, -0.1) is 0 Å². The zero-order chi connectivity index (χ0) is 19.4. The summed E-state index contributed by atoms with van der Waals surface area (Å²) in [4.78, 5) is 39.2. The average Bonchev–Trinajstić information content (AvgIpc) is 2.72. The molecule has 1 unspecified atom stereocenters. The van der Waals surface area contributed by atoms with Crippen molar-refractivity contribution in [2.45, 2.75) is 12.8 Å². The van der Waals surface area contributed by atoms with Crippen LogP contribution in [0, 0.1) is 16.0 Å². The summed E-state index contributed by atoms with van der Waals surface area (Å²) in [6.45, 7) is 2.96. The van der Waals surface area contributed by atoms with E-state index in [1.807, 2.05) is 4.90 Å². The maximum Gasteiger partial charge on any atom is 0.310 e. The number of methoxy groups -OCH3 is 1. The van der Waals surface area contributed by atoms with Gasteiger partial charge >= 0.3 is 5.97 Å². The minimum atomic E-state index is -0.463. The largest absolute Gasteiger partial charge is 0.469 e. The van der Waals surface area contributed by atoms with Crippen LogP contribution in [-0.4, -0.2) is 68.2 Å². The van der Waals surface area contributed by atoms with Gasteiger partial charge in [0.15, 0.2) is 0 Å². The monoisotopic (exact) mass is 377 g/mol. The van der Waals surface area contributed by atoms with Crippen LogP contribution in [0.15, 0.2) is 18.2 Å². The Morgan fingerprint density at radius 2 is 2.00 bits per heavy atom. The first-order valence-electron chi connectivity index (χ1n) is 8.99. The smallest absolute Gasteiger partial charge is 0.310 e. The molecule has 1 amide bonds. The Hall–Kier alpha value is -2.68. The van der Waals surface area contributed by atoms with Crippen LogP contribution in [0.2, 0.25) is 0 Å². The second-order valence-corrected chi connectivity index (χ2v) is 6.67. The van der Waals surface area contributed by atoms with Gasteiger partial charge in [-0.3, -0.25) is 19.7 Å². The van der Waals surface area contributed by atoms with E-state index in [4.69, 9.17) is 9.47 Å². The topological polar surface area (TPSA) is 102 Å². The van der Waals surface area contributed by atoms with Crippen molar-refractivity contribution in [3.63, 3.8) is 0 Å². The number of likely N-dealkylation sites (tertiary alicyclic amines) is 1. The maximum atomic E-state index is 12.8. The second kappa shape index (κ2) is 8.34. The fraction of sp³-hybridized carbons (Fsp3) is 0.556. The summed E-state index contributed by atoms with van der Waals surface area (Å²) >= 11 is 0. The number of carbonyl (C=O) groups excluding carboxylic acids is 2. The number of carbonyl (C=O) groups is 2. The molecule has 0 saturated carbocycles. The van der Waals surface area contributed by atoms with Crippen molar-refractivity contribution >= 4 is 23.3 Å². The van der Waals surface area contributed by atoms with Gasteiger partial charge in [-0.25, -0.2) is 0 Å². The lowest BCUT2D eigenvalue weighted by Gasteiger charge is -2.31. The molecule has 2 aliphatic heterocycles. The van der Waals surface area contributed by atoms with Crippen LogP contribution >= 0.6 is 0 Å². The molecule has 0 radical (unpaired) electrons. The quantitative estimate of drug-likeness (QED) is 0.445. The first kappa shape index (κ1) is 19.1. The molecule has 9 nitrogen and oxygen atoms in total. The highest BCUT2D eigenvalue weighted by Crippen LogP contribution is 2.31. The van der Waals surface area contributed by atoms with Crippen LogP contribution in [0.3, 0.4) is 0 Å². The fourth-order valence-electron chi connectivity index (χ4n) is 3.58. The lowest BCUT2D eigenvalue weighted by molar-refractivity contribution is -0.384. The summed E-state index contributed by atoms with van der Waals surface area (Å²) in [6, 6.07) is 4.56. The number of nitrogens with zero attached hydrogens (tertiary/aromatic N) is 3. The van der Waals surface area contributed by atoms with Crippen molar-refractivity contribution < 1.29 is 24.0 Å². The second-order valence-electron chi connectivity index (χ2n) is 6.67. The van der Waals surface area contributed by atoms with E-state index < -0.39 is 4.92 Å². The van der Waals surface area contributed by atoms with Gasteiger partial charge in [0.25, 0.3) is 11.6 Å². The third-order valence-electron chi connectivity index (χ3n) is 5.01. The molecule has 2 heterocycles. The van der Waals surface area contributed by atoms with Crippen LogP contribution in [0.4, 0.5) is 11.4 Å². The highest BCUT2D eigenvalue weighted by molar-refractivity contribution is 5.96. The van der Waals surface area contributed by atoms with E-state index in [9.17, 15) is 19.7 Å². The van der Waals surface area contributed by atoms with Gasteiger partial charge in [0.05, 0.1) is 31.2 Å². The lowest BCUT2D eigenvalue weighted by Crippen LogP contribution is -2.42. The number of esters is 1. The molecular weight excluding hydrogens is 354 g/mol. The number of hydrogen-bond donors (Lipinski definition) is 0. The molecule has 2 saturated heterocycles. The first-order valence-corrected chi connectivity index (χ1v) is 8.99. The standard InChI is InChI=1S/C18H23N3O6/c1-26-18(23)14-3-2-6-20(12-14)17(22)13-4-5-15(16(11-13)21(24)25)19-7-9-27-10-8-19/h4-5,11,14H,2-3,6-10,12H2,1H3. The summed E-state index contributed by atoms with van der Waals surface area (Å²) in [5.41, 5.74) is 0.652. The minimum absolute atomic E-state index is 0.0933. The van der Waals surface area contributed by atoms with E-state index in [0.29, 0.717) is 51.4 Å². The zero-order valence-electron chi connectivity index (χ0n) is 15.3. The molecule has 9 heteroatoms. The Bertz CT molecular complexity index is 732. The zero-order valence-corrected chi connectivity index (χ0v) is 15.3. The van der Waals surface area contributed by atoms with E-state index in [1.165, 1.54) is 13.2 Å². The van der Waals surface area contributed by atoms with Crippen molar-refractivity contribution in [3.8, 4) is 0 Å². The van der Waals surface area contributed by atoms with Crippen LogP contribution < -0.4 is 4.90 Å². The molecule has 0 bridgehead atoms. The predicted octanol–water partition coefficient (Wildman–Crippen LogP) is 1.46. The van der Waals surface area contributed by atoms with Gasteiger partial charge in [0.2, 0.25) is 0 Å². The normalized spacial score (nSPS) is 20.3. The van der Waals surface area contributed by atoms with Crippen molar-refractivity contribution in [2.24, 2.45) is 5.92 Å². The molecule has 2 aliphatic rings. The number of anilines is 1. The molecule has 1 aromatic carbocycles. The number of nitro groups is 1. The number of rotatable bonds is 4. The van der Waals surface area contributed by atoms with E-state index >= 15 is 0 Å². The van der Waals surface area contributed by atoms with Crippen molar-refractivity contribution in [3.05, 3.63) is 33.9 Å². The average molecular weight is 377 g/mol. The van der Waals surface area contributed by atoms with Gasteiger partial charge in [0, 0.05) is 37.8 Å². The molecule has 0 aromatic heterocycles. The lowest BCUT2D eigenvalue weighted by atomic mass is 9.97. The van der Waals surface area contributed by atoms with Gasteiger partial charge in [-0.05, 0) is 25.0 Å². The van der Waals surface area contributed by atoms with E-state index in [0.717, 1.165) is 0 Å². The maximum absolute atomic E-state index is 12.8. The summed E-state index contributed by atoms with van der Waals surface area (Å²) in [6.07, 6.45) is 1.37. The predicted molar refractivity (Wildman–Crippen MR) is 96.8 cm³/mol. The Morgan fingerprint density at radius 1 is 1.26 bits per heavy atom. The third kappa shape index (κ3) is 4.19. The molecule has 1 aromatic rings. The van der Waals surface area contributed by atoms with Crippen molar-refractivity contribution in [1.82, 2.24) is 4.90 Å². The van der Waals surface area contributed by atoms with Crippen LogP contribution in [0.5, 0.6) is 0 Å². The van der Waals surface area contributed by atoms with Gasteiger partial charge < -0.3 is 19.3 Å². The van der Waals surface area contributed by atoms with Crippen molar-refractivity contribution in [2.75, 3.05) is 51.4 Å². The SMILES string of the molecule is COC(=O)C1CCCN(C(=O)c2ccc(N3CCOCC3)c([N+](=O)[O-])c2)C1. The van der Waals surface area contributed by atoms with Crippen LogP contribution in [-0.2, 0) is 14.3 Å². The number of ether oxygens (including phenoxy) is 2. The fourth-order valence-corrected chi connectivity index (χ4v) is 3.58. The number of benzene rings is 1. The highest BCUT2D eigenvalue weighted by Gasteiger charge is 2.31. The molecule has 1 atom stereocenters. The van der Waals surface area contributed by atoms with E-state index in [2.05, 4.69) is 0 Å². The number of nitro benzene ring substituents is 1. The molecule has 0 spiro atoms. The molecule has 0 aliphatic carbocycles. The summed E-state index contributed by atoms with van der Waals surface area (Å²) in [7, 11) is 1.33. The van der Waals surface area contributed by atoms with Crippen LogP contribution in [0.1, 0.15) is 23.2 Å². The highest BCUT2D eigenvalue weighted by atomic mass is 16.6. The van der Waals surface area contributed by atoms with E-state index in [-0.39, 0.29) is 35.6 Å². The summed E-state index contributed by atoms with van der Waals surface area (Å²) < 4.78 is 10.1. The Labute approximate surface area is 157 Å². The number of amides is 1. The first-order chi connectivity index (χ1) is 13.0. The number of hydrogen-bond acceptors (Lipinski definition) is 7.